The van der Waals surface area contributed by atoms with E-state index < -0.39 is 0 Å². The van der Waals surface area contributed by atoms with Crippen LogP contribution in [0.25, 0.3) is 0 Å². The van der Waals surface area contributed by atoms with Gasteiger partial charge in [0.2, 0.25) is 0 Å². The van der Waals surface area contributed by atoms with Crippen LogP contribution in [-0.4, -0.2) is 31.0 Å². The fourth-order valence-corrected chi connectivity index (χ4v) is 2.26. The first kappa shape index (κ1) is 11.0. The van der Waals surface area contributed by atoms with Gasteiger partial charge in [0, 0.05) is 17.6 Å². The number of rotatable bonds is 4. The Hall–Kier alpha value is -0.490. The van der Waals surface area contributed by atoms with Crippen molar-refractivity contribution in [3.63, 3.8) is 0 Å². The van der Waals surface area contributed by atoms with Gasteiger partial charge in [-0.1, -0.05) is 0 Å². The highest BCUT2D eigenvalue weighted by Crippen LogP contribution is 2.19. The minimum Gasteiger partial charge on any atom is -0.349 e. The van der Waals surface area contributed by atoms with Gasteiger partial charge in [0.05, 0.1) is 19.3 Å². The van der Waals surface area contributed by atoms with Crippen molar-refractivity contribution in [2.45, 2.75) is 26.2 Å². The summed E-state index contributed by atoms with van der Waals surface area (Å²) in [6.07, 6.45) is 1.81. The summed E-state index contributed by atoms with van der Waals surface area (Å²) >= 11 is 1.72. The zero-order chi connectivity index (χ0) is 10.7. The molecule has 1 aliphatic heterocycles. The van der Waals surface area contributed by atoms with E-state index in [0.29, 0.717) is 13.2 Å². The van der Waals surface area contributed by atoms with E-state index in [4.69, 9.17) is 9.47 Å². The first-order valence-corrected chi connectivity index (χ1v) is 5.96. The molecule has 1 aromatic heterocycles. The van der Waals surface area contributed by atoms with Crippen LogP contribution in [0.5, 0.6) is 0 Å². The van der Waals surface area contributed by atoms with Crippen LogP contribution in [0.15, 0.2) is 6.20 Å². The van der Waals surface area contributed by atoms with Crippen molar-refractivity contribution in [2.24, 2.45) is 0 Å². The second kappa shape index (κ2) is 5.03. The minimum atomic E-state index is -0.0893. The van der Waals surface area contributed by atoms with Crippen LogP contribution in [-0.2, 0) is 9.47 Å². The van der Waals surface area contributed by atoms with Crippen LogP contribution in [0, 0.1) is 6.92 Å². The highest BCUT2D eigenvalue weighted by molar-refractivity contribution is 7.11. The third-order valence-corrected chi connectivity index (χ3v) is 3.39. The molecule has 5 heteroatoms. The number of nitrogens with zero attached hydrogens (tertiary/aromatic N) is 1. The molecule has 2 heterocycles. The van der Waals surface area contributed by atoms with Gasteiger partial charge >= 0.3 is 0 Å². The van der Waals surface area contributed by atoms with Crippen LogP contribution < -0.4 is 5.32 Å². The number of hydrogen-bond donors (Lipinski definition) is 1. The summed E-state index contributed by atoms with van der Waals surface area (Å²) in [6, 6.07) is 0.261. The molecule has 0 unspecified atom stereocenters. The van der Waals surface area contributed by atoms with E-state index >= 15 is 0 Å². The Morgan fingerprint density at radius 2 is 2.33 bits per heavy atom. The normalized spacial score (nSPS) is 19.6. The second-order valence-corrected chi connectivity index (χ2v) is 4.88. The van der Waals surface area contributed by atoms with Gasteiger partial charge in [-0.2, -0.15) is 0 Å². The average molecular weight is 228 g/mol. The number of aryl methyl sites for hydroxylation is 1. The first-order chi connectivity index (χ1) is 7.25. The fraction of sp³-hybridized carbons (Fsp3) is 0.700. The highest BCUT2D eigenvalue weighted by atomic mass is 32.1. The summed E-state index contributed by atoms with van der Waals surface area (Å²) in [4.78, 5) is 5.58. The summed E-state index contributed by atoms with van der Waals surface area (Å²) in [7, 11) is 0. The summed E-state index contributed by atoms with van der Waals surface area (Å²) in [5, 5.41) is 4.47. The molecular formula is C10H16N2O2S. The van der Waals surface area contributed by atoms with Crippen molar-refractivity contribution in [1.82, 2.24) is 10.3 Å². The van der Waals surface area contributed by atoms with E-state index in [9.17, 15) is 0 Å². The van der Waals surface area contributed by atoms with Crippen molar-refractivity contribution < 1.29 is 9.47 Å². The molecule has 1 saturated heterocycles. The maximum Gasteiger partial charge on any atom is 0.170 e. The maximum absolute atomic E-state index is 5.34. The zero-order valence-electron chi connectivity index (χ0n) is 9.03. The number of hydrogen-bond acceptors (Lipinski definition) is 5. The van der Waals surface area contributed by atoms with Crippen LogP contribution in [0.1, 0.15) is 22.9 Å². The van der Waals surface area contributed by atoms with E-state index in [2.05, 4.69) is 24.1 Å². The number of aromatic nitrogens is 1. The van der Waals surface area contributed by atoms with E-state index in [1.807, 2.05) is 6.20 Å². The molecule has 0 amide bonds. The zero-order valence-corrected chi connectivity index (χ0v) is 9.84. The Morgan fingerprint density at radius 3 is 2.93 bits per heavy atom. The predicted octanol–water partition coefficient (Wildman–Crippen LogP) is 1.48. The number of thiazole rings is 1. The lowest BCUT2D eigenvalue weighted by atomic mass is 10.3. The lowest BCUT2D eigenvalue weighted by molar-refractivity contribution is -0.0403. The van der Waals surface area contributed by atoms with Crippen molar-refractivity contribution in [2.75, 3.05) is 19.8 Å². The molecular weight excluding hydrogens is 212 g/mol. The molecule has 0 saturated carbocycles. The largest absolute Gasteiger partial charge is 0.349 e. The van der Waals surface area contributed by atoms with E-state index in [0.717, 1.165) is 11.6 Å². The molecule has 15 heavy (non-hydrogen) atoms. The van der Waals surface area contributed by atoms with Gasteiger partial charge in [-0.3, -0.25) is 0 Å². The average Bonchev–Trinajstić information content (AvgIpc) is 2.84. The molecule has 1 aliphatic rings. The Morgan fingerprint density at radius 1 is 1.60 bits per heavy atom. The van der Waals surface area contributed by atoms with E-state index in [-0.39, 0.29) is 12.3 Å². The quantitative estimate of drug-likeness (QED) is 0.847. The van der Waals surface area contributed by atoms with Gasteiger partial charge in [0.1, 0.15) is 5.01 Å². The lowest BCUT2D eigenvalue weighted by Gasteiger charge is -2.14. The Labute approximate surface area is 93.6 Å². The van der Waals surface area contributed by atoms with E-state index in [1.165, 1.54) is 4.88 Å². The van der Waals surface area contributed by atoms with Crippen LogP contribution in [0.3, 0.4) is 0 Å². The molecule has 0 bridgehead atoms. The Kier molecular flexibility index (Phi) is 3.69. The standard InChI is InChI=1S/C10H16N2O2S/c1-7-5-12-10(15-7)8(2)11-6-9-13-3-4-14-9/h5,8-9,11H,3-4,6H2,1-2H3/t8-/m0/s1. The number of nitrogens with one attached hydrogen (secondary N) is 1. The van der Waals surface area contributed by atoms with Crippen molar-refractivity contribution in [3.05, 3.63) is 16.1 Å². The lowest BCUT2D eigenvalue weighted by Crippen LogP contribution is -2.29. The van der Waals surface area contributed by atoms with Gasteiger partial charge in [0.25, 0.3) is 0 Å². The maximum atomic E-state index is 5.34. The van der Waals surface area contributed by atoms with Crippen molar-refractivity contribution >= 4 is 11.3 Å². The molecule has 1 N–H and O–H groups in total. The summed E-state index contributed by atoms with van der Waals surface area (Å²) in [5.74, 6) is 0. The Bertz CT molecular complexity index is 310. The number of ether oxygens (including phenoxy) is 2. The molecule has 1 fully saturated rings. The van der Waals surface area contributed by atoms with Crippen molar-refractivity contribution in [1.29, 1.82) is 0 Å². The summed E-state index contributed by atoms with van der Waals surface area (Å²) in [6.45, 7) is 6.30. The Balaban J connectivity index is 1.79. The predicted molar refractivity (Wildman–Crippen MR) is 59.0 cm³/mol. The third kappa shape index (κ3) is 2.98. The molecule has 0 aromatic carbocycles. The molecule has 1 aromatic rings. The molecule has 2 rings (SSSR count). The smallest absolute Gasteiger partial charge is 0.170 e. The first-order valence-electron chi connectivity index (χ1n) is 5.14. The van der Waals surface area contributed by atoms with Gasteiger partial charge < -0.3 is 14.8 Å². The van der Waals surface area contributed by atoms with Crippen LogP contribution in [0.4, 0.5) is 0 Å². The van der Waals surface area contributed by atoms with Gasteiger partial charge in [-0.05, 0) is 13.8 Å². The molecule has 0 aliphatic carbocycles. The monoisotopic (exact) mass is 228 g/mol. The SMILES string of the molecule is Cc1cnc([C@H](C)NCC2OCCO2)s1. The topological polar surface area (TPSA) is 43.4 Å². The molecule has 0 spiro atoms. The second-order valence-electron chi connectivity index (χ2n) is 3.61. The van der Waals surface area contributed by atoms with Gasteiger partial charge in [-0.15, -0.1) is 11.3 Å². The molecule has 4 nitrogen and oxygen atoms in total. The van der Waals surface area contributed by atoms with Crippen LogP contribution >= 0.6 is 11.3 Å². The van der Waals surface area contributed by atoms with Gasteiger partial charge in [-0.25, -0.2) is 4.98 Å². The summed E-state index contributed by atoms with van der Waals surface area (Å²) in [5.41, 5.74) is 0. The van der Waals surface area contributed by atoms with Gasteiger partial charge in [0.15, 0.2) is 6.29 Å². The molecule has 0 radical (unpaired) electrons. The third-order valence-electron chi connectivity index (χ3n) is 2.29. The molecule has 84 valence electrons. The van der Waals surface area contributed by atoms with Crippen molar-refractivity contribution in [3.8, 4) is 0 Å². The molecule has 1 atom stereocenters. The fourth-order valence-electron chi connectivity index (χ4n) is 1.46. The summed E-state index contributed by atoms with van der Waals surface area (Å²) < 4.78 is 10.7. The van der Waals surface area contributed by atoms with Crippen LogP contribution in [0.2, 0.25) is 0 Å². The minimum absolute atomic E-state index is 0.0893. The highest BCUT2D eigenvalue weighted by Gasteiger charge is 2.17. The van der Waals surface area contributed by atoms with E-state index in [1.54, 1.807) is 11.3 Å².